The first-order chi connectivity index (χ1) is 13.3. The summed E-state index contributed by atoms with van der Waals surface area (Å²) in [5, 5.41) is 0. The van der Waals surface area contributed by atoms with E-state index in [1.807, 2.05) is 36.4 Å². The monoisotopic (exact) mass is 382 g/mol. The Morgan fingerprint density at radius 3 is 2.32 bits per heavy atom. The molecule has 0 bridgehead atoms. The fourth-order valence-corrected chi connectivity index (χ4v) is 2.45. The fourth-order valence-electron chi connectivity index (χ4n) is 2.45. The third-order valence-electron chi connectivity index (χ3n) is 3.92. The number of carbonyl (C=O) groups excluding carboxylic acids is 2. The molecule has 2 rings (SSSR count). The van der Waals surface area contributed by atoms with E-state index in [0.717, 1.165) is 16.9 Å². The van der Waals surface area contributed by atoms with Crippen molar-refractivity contribution in [2.24, 2.45) is 0 Å². The number of para-hydroxylation sites is 1. The normalized spacial score (nSPS) is 11.1. The maximum Gasteiger partial charge on any atom is 0.276 e. The van der Waals surface area contributed by atoms with Crippen LogP contribution in [0.2, 0.25) is 0 Å². The molecule has 6 heteroatoms. The van der Waals surface area contributed by atoms with E-state index in [1.54, 1.807) is 25.3 Å². The molecule has 0 saturated carbocycles. The molecule has 2 aromatic carbocycles. The molecule has 0 heterocycles. The second-order valence-electron chi connectivity index (χ2n) is 7.18. The lowest BCUT2D eigenvalue weighted by molar-refractivity contribution is -0.128. The van der Waals surface area contributed by atoms with Gasteiger partial charge in [-0.05, 0) is 40.8 Å². The van der Waals surface area contributed by atoms with E-state index in [2.05, 4.69) is 31.6 Å². The number of ether oxygens (including phenoxy) is 2. The topological polar surface area (TPSA) is 76.7 Å². The quantitative estimate of drug-likeness (QED) is 0.594. The van der Waals surface area contributed by atoms with Crippen LogP contribution in [-0.4, -0.2) is 25.5 Å². The van der Waals surface area contributed by atoms with E-state index < -0.39 is 11.8 Å². The van der Waals surface area contributed by atoms with E-state index in [0.29, 0.717) is 5.75 Å². The van der Waals surface area contributed by atoms with Gasteiger partial charge in [0.25, 0.3) is 11.8 Å². The number of benzene rings is 2. The number of methoxy groups -OCH3 is 1. The van der Waals surface area contributed by atoms with Crippen molar-refractivity contribution in [3.8, 4) is 11.5 Å². The minimum Gasteiger partial charge on any atom is -0.497 e. The van der Waals surface area contributed by atoms with Crippen LogP contribution >= 0.6 is 0 Å². The van der Waals surface area contributed by atoms with Gasteiger partial charge in [-0.2, -0.15) is 0 Å². The molecule has 0 aliphatic rings. The first kappa shape index (κ1) is 21.0. The molecule has 0 saturated heterocycles. The number of hydrogen-bond acceptors (Lipinski definition) is 4. The van der Waals surface area contributed by atoms with Gasteiger partial charge in [0.2, 0.25) is 0 Å². The Kier molecular flexibility index (Phi) is 7.21. The summed E-state index contributed by atoms with van der Waals surface area (Å²) in [6.07, 6.45) is 2.97. The van der Waals surface area contributed by atoms with Crippen molar-refractivity contribution in [1.82, 2.24) is 10.9 Å². The summed E-state index contributed by atoms with van der Waals surface area (Å²) >= 11 is 0. The number of nitrogens with one attached hydrogen (secondary N) is 2. The summed E-state index contributed by atoms with van der Waals surface area (Å²) in [6, 6.07) is 14.8. The van der Waals surface area contributed by atoms with Crippen LogP contribution in [0, 0.1) is 0 Å². The first-order valence-corrected chi connectivity index (χ1v) is 8.93. The molecule has 0 atom stereocenters. The van der Waals surface area contributed by atoms with Gasteiger partial charge < -0.3 is 9.47 Å². The predicted octanol–water partition coefficient (Wildman–Crippen LogP) is 3.23. The number of amides is 2. The maximum absolute atomic E-state index is 11.9. The molecule has 2 amide bonds. The van der Waals surface area contributed by atoms with Crippen LogP contribution < -0.4 is 20.3 Å². The third kappa shape index (κ3) is 6.46. The molecule has 0 aromatic heterocycles. The lowest BCUT2D eigenvalue weighted by Gasteiger charge is -2.22. The van der Waals surface area contributed by atoms with Crippen LogP contribution in [-0.2, 0) is 15.0 Å². The summed E-state index contributed by atoms with van der Waals surface area (Å²) < 4.78 is 10.7. The zero-order valence-electron chi connectivity index (χ0n) is 16.6. The highest BCUT2D eigenvalue weighted by atomic mass is 16.5. The zero-order chi connectivity index (χ0) is 20.6. The summed E-state index contributed by atoms with van der Waals surface area (Å²) in [7, 11) is 1.59. The highest BCUT2D eigenvalue weighted by Crippen LogP contribution is 2.30. The zero-order valence-corrected chi connectivity index (χ0v) is 16.6. The summed E-state index contributed by atoms with van der Waals surface area (Å²) in [6.45, 7) is 6.02. The van der Waals surface area contributed by atoms with Gasteiger partial charge >= 0.3 is 0 Å². The number of rotatable bonds is 6. The van der Waals surface area contributed by atoms with Crippen LogP contribution in [0.3, 0.4) is 0 Å². The number of carbonyl (C=O) groups is 2. The van der Waals surface area contributed by atoms with Crippen LogP contribution in [0.25, 0.3) is 6.08 Å². The van der Waals surface area contributed by atoms with Crippen LogP contribution in [0.4, 0.5) is 0 Å². The summed E-state index contributed by atoms with van der Waals surface area (Å²) in [5.41, 5.74) is 6.40. The van der Waals surface area contributed by atoms with Gasteiger partial charge in [-0.1, -0.05) is 51.1 Å². The number of hydrazine groups is 1. The van der Waals surface area contributed by atoms with Gasteiger partial charge in [0, 0.05) is 6.08 Å². The maximum atomic E-state index is 11.9. The van der Waals surface area contributed by atoms with Crippen LogP contribution in [0.1, 0.15) is 31.9 Å². The molecule has 0 radical (unpaired) electrons. The molecule has 0 spiro atoms. The highest BCUT2D eigenvalue weighted by molar-refractivity contribution is 5.93. The van der Waals surface area contributed by atoms with E-state index in [9.17, 15) is 9.59 Å². The SMILES string of the molecule is COc1ccc(/C=C/C(=O)NNC(=O)COc2ccccc2C(C)(C)C)cc1. The number of hydrogen-bond donors (Lipinski definition) is 2. The average Bonchev–Trinajstić information content (AvgIpc) is 2.69. The van der Waals surface area contributed by atoms with Gasteiger partial charge in [-0.25, -0.2) is 0 Å². The van der Waals surface area contributed by atoms with Gasteiger partial charge in [0.1, 0.15) is 11.5 Å². The van der Waals surface area contributed by atoms with Gasteiger partial charge in [0.05, 0.1) is 7.11 Å². The molecule has 0 unspecified atom stereocenters. The van der Waals surface area contributed by atoms with Crippen molar-refractivity contribution in [1.29, 1.82) is 0 Å². The Balaban J connectivity index is 1.81. The second-order valence-corrected chi connectivity index (χ2v) is 7.18. The van der Waals surface area contributed by atoms with Gasteiger partial charge in [-0.3, -0.25) is 20.4 Å². The Morgan fingerprint density at radius 2 is 1.68 bits per heavy atom. The predicted molar refractivity (Wildman–Crippen MR) is 109 cm³/mol. The molecule has 28 heavy (non-hydrogen) atoms. The lowest BCUT2D eigenvalue weighted by Crippen LogP contribution is -2.43. The molecule has 2 N–H and O–H groups in total. The van der Waals surface area contributed by atoms with E-state index in [1.165, 1.54) is 6.08 Å². The largest absolute Gasteiger partial charge is 0.497 e. The first-order valence-electron chi connectivity index (χ1n) is 8.93. The van der Waals surface area contributed by atoms with Crippen molar-refractivity contribution < 1.29 is 19.1 Å². The smallest absolute Gasteiger partial charge is 0.276 e. The lowest BCUT2D eigenvalue weighted by atomic mass is 9.86. The van der Waals surface area contributed by atoms with E-state index >= 15 is 0 Å². The standard InChI is InChI=1S/C22H26N2O4/c1-22(2,3)18-7-5-6-8-19(18)28-15-21(26)24-23-20(25)14-11-16-9-12-17(27-4)13-10-16/h5-14H,15H2,1-4H3,(H,23,25)(H,24,26)/b14-11+. The van der Waals surface area contributed by atoms with Crippen molar-refractivity contribution in [3.63, 3.8) is 0 Å². The van der Waals surface area contributed by atoms with Gasteiger partial charge in [-0.15, -0.1) is 0 Å². The Hall–Kier alpha value is -3.28. The van der Waals surface area contributed by atoms with Crippen LogP contribution in [0.5, 0.6) is 11.5 Å². The van der Waals surface area contributed by atoms with Gasteiger partial charge in [0.15, 0.2) is 6.61 Å². The molecule has 0 fully saturated rings. The van der Waals surface area contributed by atoms with Crippen molar-refractivity contribution in [2.75, 3.05) is 13.7 Å². The second kappa shape index (κ2) is 9.60. The summed E-state index contributed by atoms with van der Waals surface area (Å²) in [4.78, 5) is 23.8. The van der Waals surface area contributed by atoms with E-state index in [-0.39, 0.29) is 12.0 Å². The van der Waals surface area contributed by atoms with E-state index in [4.69, 9.17) is 9.47 Å². The minimum absolute atomic E-state index is 0.104. The minimum atomic E-state index is -0.449. The molecular weight excluding hydrogens is 356 g/mol. The molecule has 0 aliphatic carbocycles. The van der Waals surface area contributed by atoms with Crippen molar-refractivity contribution >= 4 is 17.9 Å². The van der Waals surface area contributed by atoms with Crippen molar-refractivity contribution in [3.05, 3.63) is 65.7 Å². The third-order valence-corrected chi connectivity index (χ3v) is 3.92. The fraction of sp³-hybridized carbons (Fsp3) is 0.273. The molecule has 148 valence electrons. The highest BCUT2D eigenvalue weighted by Gasteiger charge is 2.18. The molecule has 2 aromatic rings. The van der Waals surface area contributed by atoms with Crippen molar-refractivity contribution in [2.45, 2.75) is 26.2 Å². The molecule has 0 aliphatic heterocycles. The van der Waals surface area contributed by atoms with Crippen LogP contribution in [0.15, 0.2) is 54.6 Å². The average molecular weight is 382 g/mol. The Labute approximate surface area is 165 Å². The molecular formula is C22H26N2O4. The summed E-state index contributed by atoms with van der Waals surface area (Å²) in [5.74, 6) is 0.493. The molecule has 6 nitrogen and oxygen atoms in total. The Morgan fingerprint density at radius 1 is 1.00 bits per heavy atom. The Bertz CT molecular complexity index is 836.